The molecule has 1 unspecified atom stereocenters. The molecular weight excluding hydrogens is 380 g/mol. The SMILES string of the molecule is CC(C)Oc1ccc(C(O)CNC(=O)NCc2cn3cc(Cl)ccc3n2)cc1. The Morgan fingerprint density at radius 1 is 1.18 bits per heavy atom. The van der Waals surface area contributed by atoms with Gasteiger partial charge in [-0.25, -0.2) is 9.78 Å². The van der Waals surface area contributed by atoms with Gasteiger partial charge < -0.3 is 24.9 Å². The van der Waals surface area contributed by atoms with E-state index in [0.29, 0.717) is 16.3 Å². The van der Waals surface area contributed by atoms with Crippen LogP contribution in [0.1, 0.15) is 31.2 Å². The molecule has 2 aromatic heterocycles. The first-order valence-electron chi connectivity index (χ1n) is 9.00. The fraction of sp³-hybridized carbons (Fsp3) is 0.300. The van der Waals surface area contributed by atoms with Gasteiger partial charge >= 0.3 is 6.03 Å². The largest absolute Gasteiger partial charge is 0.491 e. The number of aliphatic hydroxyl groups is 1. The number of aliphatic hydroxyl groups excluding tert-OH is 1. The Hall–Kier alpha value is -2.77. The second kappa shape index (κ2) is 8.95. The van der Waals surface area contributed by atoms with E-state index in [-0.39, 0.29) is 25.2 Å². The van der Waals surface area contributed by atoms with Crippen LogP contribution in [-0.2, 0) is 6.54 Å². The van der Waals surface area contributed by atoms with E-state index in [0.717, 1.165) is 11.4 Å². The Morgan fingerprint density at radius 2 is 1.93 bits per heavy atom. The first-order valence-corrected chi connectivity index (χ1v) is 9.38. The fourth-order valence-electron chi connectivity index (χ4n) is 2.68. The maximum absolute atomic E-state index is 12.0. The number of carbonyl (C=O) groups excluding carboxylic acids is 1. The number of pyridine rings is 1. The van der Waals surface area contributed by atoms with Gasteiger partial charge in [0.1, 0.15) is 11.4 Å². The van der Waals surface area contributed by atoms with Gasteiger partial charge in [-0.05, 0) is 43.7 Å². The number of hydrogen-bond acceptors (Lipinski definition) is 4. The van der Waals surface area contributed by atoms with Gasteiger partial charge in [-0.2, -0.15) is 0 Å². The quantitative estimate of drug-likeness (QED) is 0.565. The summed E-state index contributed by atoms with van der Waals surface area (Å²) >= 11 is 5.95. The lowest BCUT2D eigenvalue weighted by atomic mass is 10.1. The third kappa shape index (κ3) is 5.37. The van der Waals surface area contributed by atoms with Gasteiger partial charge in [0.2, 0.25) is 0 Å². The van der Waals surface area contributed by atoms with Crippen LogP contribution >= 0.6 is 11.6 Å². The predicted molar refractivity (Wildman–Crippen MR) is 108 cm³/mol. The molecule has 3 rings (SSSR count). The number of imidazole rings is 1. The minimum absolute atomic E-state index is 0.0889. The van der Waals surface area contributed by atoms with Gasteiger partial charge in [-0.1, -0.05) is 23.7 Å². The zero-order valence-electron chi connectivity index (χ0n) is 15.7. The van der Waals surface area contributed by atoms with Crippen LogP contribution in [0.15, 0.2) is 48.8 Å². The van der Waals surface area contributed by atoms with Crippen molar-refractivity contribution >= 4 is 23.3 Å². The van der Waals surface area contributed by atoms with Crippen LogP contribution in [0.2, 0.25) is 5.02 Å². The Kier molecular flexibility index (Phi) is 6.38. The summed E-state index contributed by atoms with van der Waals surface area (Å²) in [6, 6.07) is 10.3. The number of urea groups is 1. The van der Waals surface area contributed by atoms with E-state index in [2.05, 4.69) is 15.6 Å². The first kappa shape index (κ1) is 20.0. The molecule has 3 N–H and O–H groups in total. The number of ether oxygens (including phenoxy) is 1. The summed E-state index contributed by atoms with van der Waals surface area (Å²) in [5.41, 5.74) is 2.16. The lowest BCUT2D eigenvalue weighted by Crippen LogP contribution is -2.37. The van der Waals surface area contributed by atoms with Gasteiger partial charge in [-0.15, -0.1) is 0 Å². The Balaban J connectivity index is 1.46. The molecular formula is C20H23ClN4O3. The molecule has 2 heterocycles. The van der Waals surface area contributed by atoms with Crippen molar-refractivity contribution in [1.29, 1.82) is 0 Å². The molecule has 0 saturated heterocycles. The second-order valence-electron chi connectivity index (χ2n) is 6.66. The van der Waals surface area contributed by atoms with Crippen molar-refractivity contribution in [1.82, 2.24) is 20.0 Å². The van der Waals surface area contributed by atoms with Gasteiger partial charge in [0.15, 0.2) is 0 Å². The third-order valence-corrected chi connectivity index (χ3v) is 4.21. The van der Waals surface area contributed by atoms with E-state index in [4.69, 9.17) is 16.3 Å². The van der Waals surface area contributed by atoms with Crippen LogP contribution in [0, 0.1) is 0 Å². The number of hydrogen-bond donors (Lipinski definition) is 3. The molecule has 0 radical (unpaired) electrons. The molecule has 0 aliphatic heterocycles. The molecule has 8 heteroatoms. The normalized spacial score (nSPS) is 12.2. The highest BCUT2D eigenvalue weighted by Gasteiger charge is 2.10. The van der Waals surface area contributed by atoms with Gasteiger partial charge in [0.05, 0.1) is 29.5 Å². The summed E-state index contributed by atoms with van der Waals surface area (Å²) in [5.74, 6) is 0.741. The van der Waals surface area contributed by atoms with E-state index >= 15 is 0 Å². The minimum Gasteiger partial charge on any atom is -0.491 e. The maximum Gasteiger partial charge on any atom is 0.315 e. The Morgan fingerprint density at radius 3 is 2.64 bits per heavy atom. The van der Waals surface area contributed by atoms with Crippen molar-refractivity contribution in [3.8, 4) is 5.75 Å². The molecule has 7 nitrogen and oxygen atoms in total. The van der Waals surface area contributed by atoms with E-state index < -0.39 is 6.10 Å². The molecule has 3 aromatic rings. The zero-order valence-corrected chi connectivity index (χ0v) is 16.5. The molecule has 0 aliphatic rings. The van der Waals surface area contributed by atoms with Crippen LogP contribution in [0.5, 0.6) is 5.75 Å². The summed E-state index contributed by atoms with van der Waals surface area (Å²) in [4.78, 5) is 16.4. The number of rotatable bonds is 7. The van der Waals surface area contributed by atoms with Gasteiger partial charge in [-0.3, -0.25) is 0 Å². The number of fused-ring (bicyclic) bond motifs is 1. The zero-order chi connectivity index (χ0) is 20.1. The van der Waals surface area contributed by atoms with Crippen molar-refractivity contribution in [3.63, 3.8) is 0 Å². The monoisotopic (exact) mass is 402 g/mol. The summed E-state index contributed by atoms with van der Waals surface area (Å²) in [6.45, 7) is 4.26. The minimum atomic E-state index is -0.809. The van der Waals surface area contributed by atoms with Crippen molar-refractivity contribution in [2.24, 2.45) is 0 Å². The van der Waals surface area contributed by atoms with Crippen LogP contribution in [0.25, 0.3) is 5.65 Å². The van der Waals surface area contributed by atoms with Crippen molar-refractivity contribution < 1.29 is 14.6 Å². The molecule has 0 aliphatic carbocycles. The third-order valence-electron chi connectivity index (χ3n) is 3.99. The van der Waals surface area contributed by atoms with Crippen LogP contribution in [0.4, 0.5) is 4.79 Å². The Labute approximate surface area is 168 Å². The van der Waals surface area contributed by atoms with Crippen molar-refractivity contribution in [3.05, 3.63) is 65.1 Å². The van der Waals surface area contributed by atoms with Crippen LogP contribution < -0.4 is 15.4 Å². The highest BCUT2D eigenvalue weighted by Crippen LogP contribution is 2.18. The average molecular weight is 403 g/mol. The molecule has 1 aromatic carbocycles. The molecule has 0 fully saturated rings. The number of halogens is 1. The number of nitrogens with one attached hydrogen (secondary N) is 2. The van der Waals surface area contributed by atoms with E-state index in [1.807, 2.05) is 13.8 Å². The fourth-order valence-corrected chi connectivity index (χ4v) is 2.85. The highest BCUT2D eigenvalue weighted by molar-refractivity contribution is 6.30. The Bertz CT molecular complexity index is 940. The molecule has 28 heavy (non-hydrogen) atoms. The van der Waals surface area contributed by atoms with Crippen LogP contribution in [-0.4, -0.2) is 33.2 Å². The van der Waals surface area contributed by atoms with E-state index in [9.17, 15) is 9.90 Å². The number of nitrogens with zero attached hydrogens (tertiary/aromatic N) is 2. The second-order valence-corrected chi connectivity index (χ2v) is 7.10. The lowest BCUT2D eigenvalue weighted by Gasteiger charge is -2.14. The van der Waals surface area contributed by atoms with E-state index in [1.165, 1.54) is 0 Å². The molecule has 148 valence electrons. The first-order chi connectivity index (χ1) is 13.4. The number of aromatic nitrogens is 2. The number of amides is 2. The topological polar surface area (TPSA) is 87.9 Å². The maximum atomic E-state index is 12.0. The molecule has 2 amide bonds. The van der Waals surface area contributed by atoms with Gasteiger partial charge in [0, 0.05) is 18.9 Å². The number of carbonyl (C=O) groups is 1. The van der Waals surface area contributed by atoms with Crippen LogP contribution in [0.3, 0.4) is 0 Å². The summed E-state index contributed by atoms with van der Waals surface area (Å²) in [6.07, 6.45) is 2.83. The standard InChI is InChI=1S/C20H23ClN4O3/c1-13(2)28-17-6-3-14(4-7-17)18(26)10-23-20(27)22-9-16-12-25-11-15(21)5-8-19(25)24-16/h3-8,11-13,18,26H,9-10H2,1-2H3,(H2,22,23,27). The average Bonchev–Trinajstić information content (AvgIpc) is 3.06. The summed E-state index contributed by atoms with van der Waals surface area (Å²) in [5, 5.41) is 16.2. The predicted octanol–water partition coefficient (Wildman–Crippen LogP) is 3.31. The highest BCUT2D eigenvalue weighted by atomic mass is 35.5. The summed E-state index contributed by atoms with van der Waals surface area (Å²) in [7, 11) is 0. The smallest absolute Gasteiger partial charge is 0.315 e. The summed E-state index contributed by atoms with van der Waals surface area (Å²) < 4.78 is 7.37. The lowest BCUT2D eigenvalue weighted by molar-refractivity contribution is 0.173. The van der Waals surface area contributed by atoms with E-state index in [1.54, 1.807) is 53.2 Å². The number of benzene rings is 1. The van der Waals surface area contributed by atoms with Crippen molar-refractivity contribution in [2.75, 3.05) is 6.54 Å². The van der Waals surface area contributed by atoms with Crippen molar-refractivity contribution in [2.45, 2.75) is 32.6 Å². The molecule has 0 bridgehead atoms. The molecule has 0 spiro atoms. The van der Waals surface area contributed by atoms with Gasteiger partial charge in [0.25, 0.3) is 0 Å². The molecule has 0 saturated carbocycles. The molecule has 1 atom stereocenters.